The fourth-order valence-electron chi connectivity index (χ4n) is 1.53. The van der Waals surface area contributed by atoms with Gasteiger partial charge in [0.2, 0.25) is 0 Å². The maximum absolute atomic E-state index is 13.6. The first-order valence-electron chi connectivity index (χ1n) is 4.41. The van der Waals surface area contributed by atoms with Gasteiger partial charge in [-0.25, -0.2) is 4.39 Å². The third kappa shape index (κ3) is 1.44. The number of halogens is 1. The molecular formula is C8H13FN4. The van der Waals surface area contributed by atoms with Crippen LogP contribution in [0.25, 0.3) is 0 Å². The Labute approximate surface area is 76.2 Å². The van der Waals surface area contributed by atoms with Gasteiger partial charge < -0.3 is 9.88 Å². The summed E-state index contributed by atoms with van der Waals surface area (Å²) in [6.45, 7) is 5.31. The highest BCUT2D eigenvalue weighted by Crippen LogP contribution is 2.23. The number of rotatable bonds is 1. The van der Waals surface area contributed by atoms with Crippen molar-refractivity contribution in [3.63, 3.8) is 0 Å². The topological polar surface area (TPSA) is 42.7 Å². The lowest BCUT2D eigenvalue weighted by Crippen LogP contribution is -2.31. The van der Waals surface area contributed by atoms with Crippen LogP contribution in [-0.4, -0.2) is 21.3 Å². The molecule has 0 unspecified atom stereocenters. The van der Waals surface area contributed by atoms with Crippen LogP contribution in [-0.2, 0) is 18.8 Å². The van der Waals surface area contributed by atoms with E-state index in [1.807, 2.05) is 4.57 Å². The number of aromatic nitrogens is 3. The number of hydrogen-bond acceptors (Lipinski definition) is 3. The van der Waals surface area contributed by atoms with Gasteiger partial charge in [-0.1, -0.05) is 0 Å². The number of alkyl halides is 1. The molecule has 0 spiro atoms. The largest absolute Gasteiger partial charge is 0.310 e. The zero-order valence-corrected chi connectivity index (χ0v) is 7.84. The van der Waals surface area contributed by atoms with E-state index in [1.54, 1.807) is 0 Å². The summed E-state index contributed by atoms with van der Waals surface area (Å²) in [4.78, 5) is 0. The number of nitrogens with zero attached hydrogens (tertiary/aromatic N) is 3. The first-order valence-corrected chi connectivity index (χ1v) is 4.41. The SMILES string of the molecule is CC(C)(F)c1nnc2n1CCNC2. The van der Waals surface area contributed by atoms with Gasteiger partial charge in [0.1, 0.15) is 5.82 Å². The van der Waals surface area contributed by atoms with E-state index in [2.05, 4.69) is 15.5 Å². The van der Waals surface area contributed by atoms with Crippen molar-refractivity contribution in [1.82, 2.24) is 20.1 Å². The van der Waals surface area contributed by atoms with Crippen molar-refractivity contribution >= 4 is 0 Å². The molecule has 1 N–H and O–H groups in total. The van der Waals surface area contributed by atoms with Crippen LogP contribution in [0.1, 0.15) is 25.5 Å². The smallest absolute Gasteiger partial charge is 0.170 e. The van der Waals surface area contributed by atoms with E-state index in [1.165, 1.54) is 13.8 Å². The van der Waals surface area contributed by atoms with E-state index in [9.17, 15) is 4.39 Å². The van der Waals surface area contributed by atoms with Crippen LogP contribution in [0.15, 0.2) is 0 Å². The van der Waals surface area contributed by atoms with Gasteiger partial charge in [-0.15, -0.1) is 10.2 Å². The molecule has 5 heteroatoms. The summed E-state index contributed by atoms with van der Waals surface area (Å²) >= 11 is 0. The summed E-state index contributed by atoms with van der Waals surface area (Å²) in [6.07, 6.45) is 0. The molecule has 1 aliphatic heterocycles. The monoisotopic (exact) mass is 184 g/mol. The molecular weight excluding hydrogens is 171 g/mol. The molecule has 0 aromatic carbocycles. The first kappa shape index (κ1) is 8.62. The summed E-state index contributed by atoms with van der Waals surface area (Å²) in [6, 6.07) is 0. The molecule has 1 aromatic rings. The van der Waals surface area contributed by atoms with Gasteiger partial charge >= 0.3 is 0 Å². The molecule has 2 rings (SSSR count). The van der Waals surface area contributed by atoms with E-state index < -0.39 is 5.67 Å². The van der Waals surface area contributed by atoms with Crippen molar-refractivity contribution in [3.8, 4) is 0 Å². The molecule has 0 radical (unpaired) electrons. The summed E-state index contributed by atoms with van der Waals surface area (Å²) in [5.41, 5.74) is -1.40. The predicted molar refractivity (Wildman–Crippen MR) is 45.9 cm³/mol. The van der Waals surface area contributed by atoms with Crippen LogP contribution in [0.5, 0.6) is 0 Å². The maximum atomic E-state index is 13.6. The summed E-state index contributed by atoms with van der Waals surface area (Å²) < 4.78 is 15.5. The van der Waals surface area contributed by atoms with Gasteiger partial charge in [-0.2, -0.15) is 0 Å². The van der Waals surface area contributed by atoms with Crippen LogP contribution in [0, 0.1) is 0 Å². The minimum atomic E-state index is -1.40. The van der Waals surface area contributed by atoms with Crippen molar-refractivity contribution in [3.05, 3.63) is 11.6 Å². The van der Waals surface area contributed by atoms with Crippen molar-refractivity contribution in [2.24, 2.45) is 0 Å². The normalized spacial score (nSPS) is 17.2. The van der Waals surface area contributed by atoms with Crippen LogP contribution >= 0.6 is 0 Å². The summed E-state index contributed by atoms with van der Waals surface area (Å²) in [5, 5.41) is 11.0. The second-order valence-electron chi connectivity index (χ2n) is 3.74. The molecule has 0 saturated carbocycles. The Hall–Kier alpha value is -0.970. The molecule has 0 atom stereocenters. The van der Waals surface area contributed by atoms with Gasteiger partial charge in [-0.3, -0.25) is 0 Å². The highest BCUT2D eigenvalue weighted by molar-refractivity contribution is 5.05. The number of hydrogen-bond donors (Lipinski definition) is 1. The third-order valence-corrected chi connectivity index (χ3v) is 2.15. The molecule has 0 saturated heterocycles. The Morgan fingerprint density at radius 1 is 1.46 bits per heavy atom. The predicted octanol–water partition coefficient (Wildman–Crippen LogP) is 0.586. The Bertz CT molecular complexity index is 312. The highest BCUT2D eigenvalue weighted by Gasteiger charge is 2.28. The Morgan fingerprint density at radius 3 is 2.92 bits per heavy atom. The van der Waals surface area contributed by atoms with Gasteiger partial charge in [-0.05, 0) is 13.8 Å². The molecule has 0 aliphatic carbocycles. The minimum absolute atomic E-state index is 0.434. The second-order valence-corrected chi connectivity index (χ2v) is 3.74. The minimum Gasteiger partial charge on any atom is -0.310 e. The van der Waals surface area contributed by atoms with E-state index in [-0.39, 0.29) is 0 Å². The molecule has 4 nitrogen and oxygen atoms in total. The lowest BCUT2D eigenvalue weighted by atomic mass is 10.1. The number of fused-ring (bicyclic) bond motifs is 1. The van der Waals surface area contributed by atoms with Crippen LogP contribution in [0.3, 0.4) is 0 Å². The van der Waals surface area contributed by atoms with E-state index >= 15 is 0 Å². The molecule has 72 valence electrons. The van der Waals surface area contributed by atoms with Crippen LogP contribution in [0.2, 0.25) is 0 Å². The van der Waals surface area contributed by atoms with E-state index in [0.717, 1.165) is 18.9 Å². The van der Waals surface area contributed by atoms with Gasteiger partial charge in [0.15, 0.2) is 11.5 Å². The zero-order valence-electron chi connectivity index (χ0n) is 7.84. The van der Waals surface area contributed by atoms with Crippen molar-refractivity contribution in [2.75, 3.05) is 6.54 Å². The van der Waals surface area contributed by atoms with E-state index in [0.29, 0.717) is 12.4 Å². The quantitative estimate of drug-likeness (QED) is 0.694. The fourth-order valence-corrected chi connectivity index (χ4v) is 1.53. The molecule has 0 amide bonds. The number of nitrogens with one attached hydrogen (secondary N) is 1. The fraction of sp³-hybridized carbons (Fsp3) is 0.750. The van der Waals surface area contributed by atoms with Crippen molar-refractivity contribution in [1.29, 1.82) is 0 Å². The molecule has 0 bridgehead atoms. The first-order chi connectivity index (χ1) is 6.09. The third-order valence-electron chi connectivity index (χ3n) is 2.15. The van der Waals surface area contributed by atoms with Crippen molar-refractivity contribution in [2.45, 2.75) is 32.6 Å². The molecule has 0 fully saturated rings. The van der Waals surface area contributed by atoms with Gasteiger partial charge in [0.05, 0.1) is 6.54 Å². The summed E-state index contributed by atoms with van der Waals surface area (Å²) in [7, 11) is 0. The Kier molecular flexibility index (Phi) is 1.83. The lowest BCUT2D eigenvalue weighted by Gasteiger charge is -2.19. The average molecular weight is 184 g/mol. The molecule has 2 heterocycles. The Balaban J connectivity index is 2.43. The van der Waals surface area contributed by atoms with Crippen molar-refractivity contribution < 1.29 is 4.39 Å². The lowest BCUT2D eigenvalue weighted by molar-refractivity contribution is 0.196. The zero-order chi connectivity index (χ0) is 9.47. The standard InChI is InChI=1S/C8H13FN4/c1-8(2,9)7-12-11-6-5-10-3-4-13(6)7/h10H,3-5H2,1-2H3. The van der Waals surface area contributed by atoms with E-state index in [4.69, 9.17) is 0 Å². The average Bonchev–Trinajstić information content (AvgIpc) is 2.45. The van der Waals surface area contributed by atoms with Gasteiger partial charge in [0.25, 0.3) is 0 Å². The van der Waals surface area contributed by atoms with Crippen LogP contribution < -0.4 is 5.32 Å². The summed E-state index contributed by atoms with van der Waals surface area (Å²) in [5.74, 6) is 1.26. The van der Waals surface area contributed by atoms with Crippen LogP contribution in [0.4, 0.5) is 4.39 Å². The molecule has 13 heavy (non-hydrogen) atoms. The molecule has 1 aliphatic rings. The molecule has 1 aromatic heterocycles. The Morgan fingerprint density at radius 2 is 2.23 bits per heavy atom. The maximum Gasteiger partial charge on any atom is 0.170 e. The second kappa shape index (κ2) is 2.77. The van der Waals surface area contributed by atoms with Gasteiger partial charge in [0, 0.05) is 13.1 Å². The highest BCUT2D eigenvalue weighted by atomic mass is 19.1.